The first-order chi connectivity index (χ1) is 33.0. The van der Waals surface area contributed by atoms with Crippen molar-refractivity contribution in [3.63, 3.8) is 0 Å². The van der Waals surface area contributed by atoms with Crippen LogP contribution in [0.15, 0.2) is 72.9 Å². The van der Waals surface area contributed by atoms with Crippen molar-refractivity contribution in [1.82, 2.24) is 0 Å². The fourth-order valence-electron chi connectivity index (χ4n) is 7.85. The van der Waals surface area contributed by atoms with Gasteiger partial charge in [-0.1, -0.05) is 241 Å². The van der Waals surface area contributed by atoms with Crippen molar-refractivity contribution in [2.24, 2.45) is 0 Å². The van der Waals surface area contributed by atoms with Crippen LogP contribution >= 0.6 is 0 Å². The van der Waals surface area contributed by atoms with E-state index in [-0.39, 0.29) is 31.1 Å². The van der Waals surface area contributed by atoms with Gasteiger partial charge in [0.2, 0.25) is 0 Å². The van der Waals surface area contributed by atoms with Crippen molar-refractivity contribution >= 4 is 17.9 Å². The van der Waals surface area contributed by atoms with E-state index in [2.05, 4.69) is 93.7 Å². The van der Waals surface area contributed by atoms with Crippen LogP contribution in [0.2, 0.25) is 0 Å². The summed E-state index contributed by atoms with van der Waals surface area (Å²) in [4.78, 5) is 38.1. The second-order valence-corrected chi connectivity index (χ2v) is 18.8. The van der Waals surface area contributed by atoms with E-state index in [0.29, 0.717) is 19.3 Å². The minimum atomic E-state index is -0.793. The quantitative estimate of drug-likeness (QED) is 0.0262. The van der Waals surface area contributed by atoms with Gasteiger partial charge in [0.25, 0.3) is 0 Å². The van der Waals surface area contributed by atoms with Crippen molar-refractivity contribution < 1.29 is 28.6 Å². The number of esters is 3. The Hall–Kier alpha value is -3.15. The lowest BCUT2D eigenvalue weighted by molar-refractivity contribution is -0.167. The molecule has 67 heavy (non-hydrogen) atoms. The smallest absolute Gasteiger partial charge is 0.306 e. The molecule has 0 aromatic heterocycles. The van der Waals surface area contributed by atoms with Gasteiger partial charge >= 0.3 is 17.9 Å². The molecule has 0 spiro atoms. The van der Waals surface area contributed by atoms with Gasteiger partial charge in [-0.2, -0.15) is 0 Å². The Labute approximate surface area is 414 Å². The van der Waals surface area contributed by atoms with Crippen LogP contribution in [0.25, 0.3) is 0 Å². The number of rotatable bonds is 51. The fourth-order valence-corrected chi connectivity index (χ4v) is 7.85. The van der Waals surface area contributed by atoms with Crippen molar-refractivity contribution in [3.8, 4) is 0 Å². The van der Waals surface area contributed by atoms with Gasteiger partial charge < -0.3 is 14.2 Å². The second kappa shape index (κ2) is 55.4. The van der Waals surface area contributed by atoms with E-state index in [1.54, 1.807) is 0 Å². The van der Waals surface area contributed by atoms with Crippen LogP contribution in [-0.4, -0.2) is 37.2 Å². The van der Waals surface area contributed by atoms with E-state index in [1.165, 1.54) is 128 Å². The molecule has 0 unspecified atom stereocenters. The van der Waals surface area contributed by atoms with E-state index in [1.807, 2.05) is 0 Å². The molecule has 0 saturated carbocycles. The van der Waals surface area contributed by atoms with Crippen LogP contribution in [0, 0.1) is 0 Å². The molecule has 0 saturated heterocycles. The topological polar surface area (TPSA) is 78.9 Å². The SMILES string of the molecule is CCCC/C=C\C/C=C\CCCCCCCC(=O)OC[C@H](COC(=O)CCCCC/C=C\C/C=C\C/C=C\C/C=C\CCCCC)OC(=O)CCCCCCCCCCCCCCCCCC. The molecule has 1 atom stereocenters. The molecule has 0 aliphatic rings. The van der Waals surface area contributed by atoms with Crippen molar-refractivity contribution in [3.05, 3.63) is 72.9 Å². The maximum atomic E-state index is 12.8. The Morgan fingerprint density at radius 2 is 0.552 bits per heavy atom. The van der Waals surface area contributed by atoms with E-state index >= 15 is 0 Å². The summed E-state index contributed by atoms with van der Waals surface area (Å²) in [6.07, 6.45) is 70.3. The molecule has 0 fully saturated rings. The molecule has 0 heterocycles. The number of hydrogen-bond donors (Lipinski definition) is 0. The zero-order valence-corrected chi connectivity index (χ0v) is 44.2. The van der Waals surface area contributed by atoms with Crippen LogP contribution in [0.5, 0.6) is 0 Å². The predicted octanol–water partition coefficient (Wildman–Crippen LogP) is 19.0. The van der Waals surface area contributed by atoms with Gasteiger partial charge in [0.15, 0.2) is 6.10 Å². The molecule has 0 aliphatic carbocycles. The van der Waals surface area contributed by atoms with Gasteiger partial charge in [-0.15, -0.1) is 0 Å². The van der Waals surface area contributed by atoms with E-state index in [4.69, 9.17) is 14.2 Å². The summed E-state index contributed by atoms with van der Waals surface area (Å²) in [5.41, 5.74) is 0. The summed E-state index contributed by atoms with van der Waals surface area (Å²) < 4.78 is 16.8. The molecule has 6 nitrogen and oxygen atoms in total. The van der Waals surface area contributed by atoms with E-state index < -0.39 is 6.10 Å². The number of carbonyl (C=O) groups is 3. The molecule has 0 N–H and O–H groups in total. The minimum absolute atomic E-state index is 0.0913. The van der Waals surface area contributed by atoms with E-state index in [0.717, 1.165) is 109 Å². The molecule has 0 aliphatic heterocycles. The Bertz CT molecular complexity index is 1260. The Morgan fingerprint density at radius 3 is 0.925 bits per heavy atom. The maximum Gasteiger partial charge on any atom is 0.306 e. The number of ether oxygens (including phenoxy) is 3. The molecular weight excluding hydrogens is 829 g/mol. The first-order valence-corrected chi connectivity index (χ1v) is 28.4. The number of unbranched alkanes of at least 4 members (excludes halogenated alkanes) is 28. The molecular formula is C61H106O6. The zero-order valence-electron chi connectivity index (χ0n) is 44.2. The van der Waals surface area contributed by atoms with Crippen LogP contribution in [0.3, 0.4) is 0 Å². The molecule has 6 heteroatoms. The highest BCUT2D eigenvalue weighted by molar-refractivity contribution is 5.71. The minimum Gasteiger partial charge on any atom is -0.462 e. The highest BCUT2D eigenvalue weighted by Crippen LogP contribution is 2.15. The average molecular weight is 936 g/mol. The lowest BCUT2D eigenvalue weighted by atomic mass is 10.0. The summed E-state index contributed by atoms with van der Waals surface area (Å²) in [7, 11) is 0. The summed E-state index contributed by atoms with van der Waals surface area (Å²) in [5, 5.41) is 0. The summed E-state index contributed by atoms with van der Waals surface area (Å²) >= 11 is 0. The second-order valence-electron chi connectivity index (χ2n) is 18.8. The number of allylic oxidation sites excluding steroid dienone is 12. The summed E-state index contributed by atoms with van der Waals surface area (Å²) in [5.74, 6) is -0.926. The Morgan fingerprint density at radius 1 is 0.299 bits per heavy atom. The summed E-state index contributed by atoms with van der Waals surface area (Å²) in [6, 6.07) is 0. The van der Waals surface area contributed by atoms with Gasteiger partial charge in [-0.25, -0.2) is 0 Å². The zero-order chi connectivity index (χ0) is 48.6. The highest BCUT2D eigenvalue weighted by atomic mass is 16.6. The molecule has 0 aromatic carbocycles. The predicted molar refractivity (Wildman–Crippen MR) is 288 cm³/mol. The highest BCUT2D eigenvalue weighted by Gasteiger charge is 2.19. The molecule has 386 valence electrons. The Kier molecular flexibility index (Phi) is 52.8. The molecule has 0 radical (unpaired) electrons. The first kappa shape index (κ1) is 63.8. The monoisotopic (exact) mass is 935 g/mol. The van der Waals surface area contributed by atoms with E-state index in [9.17, 15) is 14.4 Å². The molecule has 0 amide bonds. The van der Waals surface area contributed by atoms with Crippen LogP contribution in [0.1, 0.15) is 278 Å². The van der Waals surface area contributed by atoms with Crippen LogP contribution < -0.4 is 0 Å². The Balaban J connectivity index is 4.44. The average Bonchev–Trinajstić information content (AvgIpc) is 3.33. The third-order valence-electron chi connectivity index (χ3n) is 12.2. The maximum absolute atomic E-state index is 12.8. The normalized spacial score (nSPS) is 12.6. The van der Waals surface area contributed by atoms with Gasteiger partial charge in [-0.05, 0) is 89.9 Å². The standard InChI is InChI=1S/C61H106O6/c1-4-7-10-13-16-19-22-25-28-30-31-32-34-36-39-42-45-48-51-54-60(63)66-57-58(56-65-59(62)53-50-47-44-41-38-35-27-24-21-18-15-12-9-6-3)67-61(64)55-52-49-46-43-40-37-33-29-26-23-20-17-14-11-8-5-2/h15-16,18-19,24-25,27-28,31-32,36,39,58H,4-14,17,20-23,26,29-30,33-35,37-38,40-57H2,1-3H3/b18-15-,19-16-,27-24-,28-25-,32-31-,39-36-/t58-/m1/s1. The van der Waals surface area contributed by atoms with Crippen molar-refractivity contribution in [2.75, 3.05) is 13.2 Å². The lowest BCUT2D eigenvalue weighted by Crippen LogP contribution is -2.30. The van der Waals surface area contributed by atoms with Crippen molar-refractivity contribution in [2.45, 2.75) is 284 Å². The molecule has 0 aromatic rings. The van der Waals surface area contributed by atoms with Crippen LogP contribution in [0.4, 0.5) is 0 Å². The number of hydrogen-bond acceptors (Lipinski definition) is 6. The largest absolute Gasteiger partial charge is 0.462 e. The van der Waals surface area contributed by atoms with Gasteiger partial charge in [0, 0.05) is 19.3 Å². The fraction of sp³-hybridized carbons (Fsp3) is 0.754. The van der Waals surface area contributed by atoms with Gasteiger partial charge in [0.05, 0.1) is 0 Å². The molecule has 0 bridgehead atoms. The molecule has 0 rings (SSSR count). The van der Waals surface area contributed by atoms with Crippen LogP contribution in [-0.2, 0) is 28.6 Å². The third-order valence-corrected chi connectivity index (χ3v) is 12.2. The van der Waals surface area contributed by atoms with Gasteiger partial charge in [-0.3, -0.25) is 14.4 Å². The third kappa shape index (κ3) is 53.7. The number of carbonyl (C=O) groups excluding carboxylic acids is 3. The first-order valence-electron chi connectivity index (χ1n) is 28.4. The van der Waals surface area contributed by atoms with Gasteiger partial charge in [0.1, 0.15) is 13.2 Å². The van der Waals surface area contributed by atoms with Crippen molar-refractivity contribution in [1.29, 1.82) is 0 Å². The lowest BCUT2D eigenvalue weighted by Gasteiger charge is -2.18. The summed E-state index contributed by atoms with van der Waals surface area (Å²) in [6.45, 7) is 6.55.